The molecule has 0 atom stereocenters. The summed E-state index contributed by atoms with van der Waals surface area (Å²) in [7, 11) is 0. The summed E-state index contributed by atoms with van der Waals surface area (Å²) in [4.78, 5) is 14.5. The van der Waals surface area contributed by atoms with E-state index in [2.05, 4.69) is 91.9 Å². The average molecular weight is 545 g/mol. The number of nitrogens with zero attached hydrogens (tertiary/aromatic N) is 4. The zero-order valence-corrected chi connectivity index (χ0v) is 23.7. The average Bonchev–Trinajstić information content (AvgIpc) is 3.41. The quantitative estimate of drug-likeness (QED) is 0.208. The molecule has 0 bridgehead atoms. The summed E-state index contributed by atoms with van der Waals surface area (Å²) in [5, 5.41) is 5.34. The minimum Gasteiger partial charge on any atom is -0.457 e. The standard InChI is InChI=1S/C37H28N4O/c1-37(2,3)25-16-18-38-32(21-25)24-19-23-9-4-5-10-27(23)34(20-24)42-26-14-15-28-29-11-8-17-39-35(29)41-33-13-7-6-12-31(33)40-36(41)30(28)22-26/h4-22H,1-3H3. The van der Waals surface area contributed by atoms with Gasteiger partial charge in [-0.1, -0.05) is 57.2 Å². The Hall–Kier alpha value is -5.29. The molecule has 8 rings (SSSR count). The highest BCUT2D eigenvalue weighted by atomic mass is 16.5. The van der Waals surface area contributed by atoms with Crippen molar-refractivity contribution in [2.45, 2.75) is 26.2 Å². The molecule has 42 heavy (non-hydrogen) atoms. The van der Waals surface area contributed by atoms with Gasteiger partial charge in [-0.3, -0.25) is 9.38 Å². The van der Waals surface area contributed by atoms with Crippen LogP contribution < -0.4 is 4.74 Å². The second-order valence-electron chi connectivity index (χ2n) is 11.8. The van der Waals surface area contributed by atoms with Gasteiger partial charge in [-0.25, -0.2) is 9.97 Å². The second kappa shape index (κ2) is 9.11. The zero-order valence-electron chi connectivity index (χ0n) is 23.7. The van der Waals surface area contributed by atoms with E-state index < -0.39 is 0 Å². The third-order valence-electron chi connectivity index (χ3n) is 8.05. The molecule has 202 valence electrons. The van der Waals surface area contributed by atoms with E-state index in [1.807, 2.05) is 48.8 Å². The van der Waals surface area contributed by atoms with Crippen LogP contribution in [-0.2, 0) is 5.41 Å². The summed E-state index contributed by atoms with van der Waals surface area (Å²) in [5.74, 6) is 1.54. The highest BCUT2D eigenvalue weighted by molar-refractivity contribution is 6.13. The van der Waals surface area contributed by atoms with Gasteiger partial charge in [-0.2, -0.15) is 0 Å². The monoisotopic (exact) mass is 544 g/mol. The van der Waals surface area contributed by atoms with Gasteiger partial charge in [0.15, 0.2) is 0 Å². The SMILES string of the molecule is CC(C)(C)c1ccnc(-c2cc(Oc3ccc4c5cccnc5n5c6ccccc6nc5c4c3)c3ccccc3c2)c1. The summed E-state index contributed by atoms with van der Waals surface area (Å²) in [6, 6.07) is 35.5. The van der Waals surface area contributed by atoms with Gasteiger partial charge >= 0.3 is 0 Å². The maximum atomic E-state index is 6.71. The third-order valence-corrected chi connectivity index (χ3v) is 8.05. The number of hydrogen-bond donors (Lipinski definition) is 0. The van der Waals surface area contributed by atoms with Crippen molar-refractivity contribution >= 4 is 49.3 Å². The molecule has 4 heterocycles. The molecule has 4 aromatic heterocycles. The Balaban J connectivity index is 1.32. The first-order valence-electron chi connectivity index (χ1n) is 14.2. The van der Waals surface area contributed by atoms with Crippen molar-refractivity contribution in [3.8, 4) is 22.8 Å². The van der Waals surface area contributed by atoms with Crippen LogP contribution in [0.5, 0.6) is 11.5 Å². The van der Waals surface area contributed by atoms with Crippen LogP contribution in [-0.4, -0.2) is 19.4 Å². The number of hydrogen-bond acceptors (Lipinski definition) is 4. The predicted octanol–water partition coefficient (Wildman–Crippen LogP) is 9.49. The summed E-state index contributed by atoms with van der Waals surface area (Å²) >= 11 is 0. The lowest BCUT2D eigenvalue weighted by atomic mass is 9.87. The Kier molecular flexibility index (Phi) is 5.32. The molecule has 0 aliphatic heterocycles. The fourth-order valence-electron chi connectivity index (χ4n) is 5.90. The Bertz CT molecular complexity index is 2330. The van der Waals surface area contributed by atoms with Gasteiger partial charge in [0.05, 0.1) is 16.7 Å². The van der Waals surface area contributed by atoms with E-state index >= 15 is 0 Å². The summed E-state index contributed by atoms with van der Waals surface area (Å²) < 4.78 is 8.87. The molecule has 0 amide bonds. The molecule has 0 unspecified atom stereocenters. The number of aromatic nitrogens is 4. The highest BCUT2D eigenvalue weighted by Gasteiger charge is 2.17. The van der Waals surface area contributed by atoms with Crippen LogP contribution in [0.15, 0.2) is 116 Å². The fourth-order valence-corrected chi connectivity index (χ4v) is 5.90. The molecule has 0 fully saturated rings. The van der Waals surface area contributed by atoms with Crippen molar-refractivity contribution in [1.29, 1.82) is 0 Å². The van der Waals surface area contributed by atoms with Gasteiger partial charge in [0.1, 0.15) is 22.8 Å². The molecule has 0 radical (unpaired) electrons. The van der Waals surface area contributed by atoms with Crippen molar-refractivity contribution in [2.75, 3.05) is 0 Å². The van der Waals surface area contributed by atoms with Gasteiger partial charge in [0.25, 0.3) is 0 Å². The van der Waals surface area contributed by atoms with Crippen LogP contribution in [0.1, 0.15) is 26.3 Å². The lowest BCUT2D eigenvalue weighted by Crippen LogP contribution is -2.11. The van der Waals surface area contributed by atoms with Gasteiger partial charge in [-0.05, 0) is 88.5 Å². The molecule has 5 nitrogen and oxygen atoms in total. The van der Waals surface area contributed by atoms with Crippen LogP contribution in [0.2, 0.25) is 0 Å². The molecule has 8 aromatic rings. The van der Waals surface area contributed by atoms with Gasteiger partial charge < -0.3 is 4.74 Å². The van der Waals surface area contributed by atoms with Crippen LogP contribution >= 0.6 is 0 Å². The molecule has 0 N–H and O–H groups in total. The van der Waals surface area contributed by atoms with Crippen molar-refractivity contribution in [3.05, 3.63) is 121 Å². The number of benzene rings is 4. The van der Waals surface area contributed by atoms with Crippen molar-refractivity contribution in [2.24, 2.45) is 0 Å². The number of imidazole rings is 1. The van der Waals surface area contributed by atoms with Crippen LogP contribution in [0.25, 0.3) is 60.5 Å². The lowest BCUT2D eigenvalue weighted by molar-refractivity contribution is 0.489. The third kappa shape index (κ3) is 3.89. The summed E-state index contributed by atoms with van der Waals surface area (Å²) in [5.41, 5.74) is 6.96. The maximum Gasteiger partial charge on any atom is 0.147 e. The predicted molar refractivity (Wildman–Crippen MR) is 171 cm³/mol. The van der Waals surface area contributed by atoms with Crippen LogP contribution in [0, 0.1) is 0 Å². The van der Waals surface area contributed by atoms with Crippen molar-refractivity contribution in [3.63, 3.8) is 0 Å². The van der Waals surface area contributed by atoms with Gasteiger partial charge in [0.2, 0.25) is 0 Å². The number of fused-ring (bicyclic) bond motifs is 9. The topological polar surface area (TPSA) is 52.3 Å². The summed E-state index contributed by atoms with van der Waals surface area (Å²) in [6.07, 6.45) is 3.73. The highest BCUT2D eigenvalue weighted by Crippen LogP contribution is 2.38. The summed E-state index contributed by atoms with van der Waals surface area (Å²) in [6.45, 7) is 6.67. The van der Waals surface area contributed by atoms with E-state index in [9.17, 15) is 0 Å². The van der Waals surface area contributed by atoms with E-state index in [0.29, 0.717) is 0 Å². The zero-order chi connectivity index (χ0) is 28.4. The van der Waals surface area contributed by atoms with Crippen molar-refractivity contribution in [1.82, 2.24) is 19.4 Å². The van der Waals surface area contributed by atoms with Gasteiger partial charge in [-0.15, -0.1) is 0 Å². The number of para-hydroxylation sites is 2. The van der Waals surface area contributed by atoms with Crippen LogP contribution in [0.3, 0.4) is 0 Å². The molecular weight excluding hydrogens is 516 g/mol. The normalized spacial score (nSPS) is 12.2. The van der Waals surface area contributed by atoms with E-state index in [0.717, 1.165) is 72.0 Å². The van der Waals surface area contributed by atoms with Crippen LogP contribution in [0.4, 0.5) is 0 Å². The fraction of sp³-hybridized carbons (Fsp3) is 0.108. The first-order valence-corrected chi connectivity index (χ1v) is 14.2. The van der Waals surface area contributed by atoms with E-state index in [4.69, 9.17) is 19.7 Å². The smallest absolute Gasteiger partial charge is 0.147 e. The number of rotatable bonds is 3. The Morgan fingerprint density at radius 2 is 1.48 bits per heavy atom. The molecule has 0 saturated heterocycles. The molecular formula is C37H28N4O. The molecule has 0 aliphatic carbocycles. The van der Waals surface area contributed by atoms with E-state index in [-0.39, 0.29) is 5.41 Å². The Morgan fingerprint density at radius 3 is 2.38 bits per heavy atom. The molecule has 0 saturated carbocycles. The molecule has 5 heteroatoms. The van der Waals surface area contributed by atoms with Crippen molar-refractivity contribution < 1.29 is 4.74 Å². The lowest BCUT2D eigenvalue weighted by Gasteiger charge is -2.19. The minimum absolute atomic E-state index is 0.0294. The Morgan fingerprint density at radius 1 is 0.643 bits per heavy atom. The van der Waals surface area contributed by atoms with Gasteiger partial charge in [0, 0.05) is 34.1 Å². The maximum absolute atomic E-state index is 6.71. The first kappa shape index (κ1) is 24.5. The molecule has 4 aromatic carbocycles. The number of ether oxygens (including phenoxy) is 1. The van der Waals surface area contributed by atoms with E-state index in [1.54, 1.807) is 0 Å². The minimum atomic E-state index is 0.0294. The second-order valence-corrected chi connectivity index (χ2v) is 11.8. The Labute approximate surface area is 243 Å². The molecule has 0 spiro atoms. The largest absolute Gasteiger partial charge is 0.457 e. The first-order chi connectivity index (χ1) is 20.4. The number of pyridine rings is 3. The molecule has 0 aliphatic rings. The van der Waals surface area contributed by atoms with E-state index in [1.165, 1.54) is 5.56 Å².